The predicted molar refractivity (Wildman–Crippen MR) is 75.0 cm³/mol. The average Bonchev–Trinajstić information content (AvgIpc) is 2.33. The van der Waals surface area contributed by atoms with Crippen LogP contribution in [0.15, 0.2) is 0 Å². The number of urea groups is 1. The fourth-order valence-corrected chi connectivity index (χ4v) is 2.08. The van der Waals surface area contributed by atoms with Crippen LogP contribution in [-0.4, -0.2) is 65.6 Å². The normalized spacial score (nSPS) is 13.8. The Morgan fingerprint density at radius 1 is 1.28 bits per heavy atom. The van der Waals surface area contributed by atoms with Crippen molar-refractivity contribution in [1.82, 2.24) is 9.80 Å². The monoisotopic (exact) mass is 276 g/mol. The number of carbonyl (C=O) groups is 2. The largest absolute Gasteiger partial charge is 0.481 e. The number of carbonyl (C=O) groups excluding carboxylic acids is 1. The van der Waals surface area contributed by atoms with E-state index in [4.69, 9.17) is 5.11 Å². The van der Waals surface area contributed by atoms with Crippen LogP contribution >= 0.6 is 11.8 Å². The summed E-state index contributed by atoms with van der Waals surface area (Å²) in [5.74, 6) is -0.421. The van der Waals surface area contributed by atoms with E-state index in [2.05, 4.69) is 0 Å². The highest BCUT2D eigenvalue weighted by Crippen LogP contribution is 2.09. The Bertz CT molecular complexity index is 286. The van der Waals surface area contributed by atoms with Gasteiger partial charge >= 0.3 is 12.0 Å². The lowest BCUT2D eigenvalue weighted by atomic mass is 10.2. The Balaban J connectivity index is 4.31. The van der Waals surface area contributed by atoms with Gasteiger partial charge in [0.1, 0.15) is 0 Å². The van der Waals surface area contributed by atoms with E-state index >= 15 is 0 Å². The minimum absolute atomic E-state index is 0.128. The van der Waals surface area contributed by atoms with Crippen LogP contribution in [0.5, 0.6) is 0 Å². The molecule has 0 aliphatic rings. The quantitative estimate of drug-likeness (QED) is 0.770. The molecule has 1 N–H and O–H groups in total. The number of thioether (sulfide) groups is 1. The summed E-state index contributed by atoms with van der Waals surface area (Å²) in [6.07, 6.45) is 2.97. The molecule has 18 heavy (non-hydrogen) atoms. The molecule has 2 amide bonds. The van der Waals surface area contributed by atoms with Crippen LogP contribution in [-0.2, 0) is 4.79 Å². The van der Waals surface area contributed by atoms with Crippen molar-refractivity contribution < 1.29 is 14.7 Å². The van der Waals surface area contributed by atoms with Crippen LogP contribution in [0.25, 0.3) is 0 Å². The third-order valence-electron chi connectivity index (χ3n) is 3.00. The van der Waals surface area contributed by atoms with Gasteiger partial charge < -0.3 is 14.9 Å². The van der Waals surface area contributed by atoms with Gasteiger partial charge in [0, 0.05) is 26.7 Å². The van der Waals surface area contributed by atoms with E-state index in [1.165, 1.54) is 4.90 Å². The molecule has 5 nitrogen and oxygen atoms in total. The van der Waals surface area contributed by atoms with Crippen molar-refractivity contribution in [3.05, 3.63) is 0 Å². The molecule has 0 bridgehead atoms. The van der Waals surface area contributed by atoms with Crippen LogP contribution in [0.3, 0.4) is 0 Å². The van der Waals surface area contributed by atoms with Crippen molar-refractivity contribution >= 4 is 23.8 Å². The lowest BCUT2D eigenvalue weighted by molar-refractivity contribution is -0.141. The van der Waals surface area contributed by atoms with Crippen LogP contribution in [0.2, 0.25) is 0 Å². The second-order valence-electron chi connectivity index (χ2n) is 4.64. The Labute approximate surface area is 114 Å². The second-order valence-corrected chi connectivity index (χ2v) is 5.63. The zero-order valence-electron chi connectivity index (χ0n) is 11.8. The molecular formula is C12H24N2O3S. The first-order chi connectivity index (χ1) is 8.31. The van der Waals surface area contributed by atoms with Gasteiger partial charge in [-0.15, -0.1) is 0 Å². The minimum atomic E-state index is -0.882. The topological polar surface area (TPSA) is 60.9 Å². The summed E-state index contributed by atoms with van der Waals surface area (Å²) in [6.45, 7) is 3.83. The van der Waals surface area contributed by atoms with E-state index in [0.717, 1.165) is 12.2 Å². The van der Waals surface area contributed by atoms with Crippen molar-refractivity contribution in [2.75, 3.05) is 32.6 Å². The second kappa shape index (κ2) is 8.24. The standard InChI is InChI=1S/C12H24N2O3S/c1-9(11(15)16)8-13(3)12(17)14(4)10(2)6-7-18-5/h9-10H,6-8H2,1-5H3,(H,15,16). The molecule has 0 spiro atoms. The highest BCUT2D eigenvalue weighted by atomic mass is 32.2. The Morgan fingerprint density at radius 2 is 1.83 bits per heavy atom. The third-order valence-corrected chi connectivity index (χ3v) is 3.64. The summed E-state index contributed by atoms with van der Waals surface area (Å²) in [5.41, 5.74) is 0. The molecule has 0 aliphatic heterocycles. The SMILES string of the molecule is CSCCC(C)N(C)C(=O)N(C)CC(C)C(=O)O. The fourth-order valence-electron chi connectivity index (χ4n) is 1.51. The smallest absolute Gasteiger partial charge is 0.319 e. The molecule has 106 valence electrons. The van der Waals surface area contributed by atoms with Crippen molar-refractivity contribution in [3.63, 3.8) is 0 Å². The number of hydrogen-bond acceptors (Lipinski definition) is 3. The van der Waals surface area contributed by atoms with E-state index in [9.17, 15) is 9.59 Å². The molecule has 2 atom stereocenters. The first-order valence-corrected chi connectivity index (χ1v) is 7.40. The van der Waals surface area contributed by atoms with E-state index < -0.39 is 11.9 Å². The molecule has 0 radical (unpaired) electrons. The van der Waals surface area contributed by atoms with Crippen LogP contribution in [0, 0.1) is 5.92 Å². The summed E-state index contributed by atoms with van der Waals surface area (Å²) in [5, 5.41) is 8.82. The molecular weight excluding hydrogens is 252 g/mol. The summed E-state index contributed by atoms with van der Waals surface area (Å²) in [6, 6.07) is 0.0317. The van der Waals surface area contributed by atoms with Crippen LogP contribution in [0.1, 0.15) is 20.3 Å². The van der Waals surface area contributed by atoms with Gasteiger partial charge in [-0.25, -0.2) is 4.79 Å². The highest BCUT2D eigenvalue weighted by molar-refractivity contribution is 7.98. The fraction of sp³-hybridized carbons (Fsp3) is 0.833. The van der Waals surface area contributed by atoms with Crippen molar-refractivity contribution in [3.8, 4) is 0 Å². The van der Waals surface area contributed by atoms with E-state index in [0.29, 0.717) is 0 Å². The molecule has 0 aliphatic carbocycles. The summed E-state index contributed by atoms with van der Waals surface area (Å²) in [4.78, 5) is 25.9. The summed E-state index contributed by atoms with van der Waals surface area (Å²) in [7, 11) is 3.40. The third kappa shape index (κ3) is 5.62. The lowest BCUT2D eigenvalue weighted by Crippen LogP contribution is -2.45. The van der Waals surface area contributed by atoms with Gasteiger partial charge in [0.15, 0.2) is 0 Å². The van der Waals surface area contributed by atoms with Crippen LogP contribution in [0.4, 0.5) is 4.79 Å². The highest BCUT2D eigenvalue weighted by Gasteiger charge is 2.22. The number of rotatable bonds is 7. The number of hydrogen-bond donors (Lipinski definition) is 1. The number of carboxylic acid groups (broad SMARTS) is 1. The van der Waals surface area contributed by atoms with Gasteiger partial charge in [-0.3, -0.25) is 4.79 Å². The Kier molecular flexibility index (Phi) is 7.82. The average molecular weight is 276 g/mol. The number of nitrogens with zero attached hydrogens (tertiary/aromatic N) is 2. The van der Waals surface area contributed by atoms with Gasteiger partial charge in [0.25, 0.3) is 0 Å². The zero-order chi connectivity index (χ0) is 14.3. The molecule has 0 saturated heterocycles. The van der Waals surface area contributed by atoms with Gasteiger partial charge in [-0.2, -0.15) is 11.8 Å². The first kappa shape index (κ1) is 17.1. The number of amides is 2. The van der Waals surface area contributed by atoms with Gasteiger partial charge in [0.2, 0.25) is 0 Å². The van der Waals surface area contributed by atoms with Gasteiger partial charge in [-0.05, 0) is 25.4 Å². The molecule has 0 rings (SSSR count). The van der Waals surface area contributed by atoms with Crippen molar-refractivity contribution in [1.29, 1.82) is 0 Å². The summed E-state index contributed by atoms with van der Waals surface area (Å²) < 4.78 is 0. The van der Waals surface area contributed by atoms with E-state index in [1.807, 2.05) is 13.2 Å². The van der Waals surface area contributed by atoms with Crippen LogP contribution < -0.4 is 0 Å². The molecule has 0 aromatic carbocycles. The molecule has 6 heteroatoms. The zero-order valence-corrected chi connectivity index (χ0v) is 12.7. The number of aliphatic carboxylic acids is 1. The van der Waals surface area contributed by atoms with Gasteiger partial charge in [-0.1, -0.05) is 6.92 Å². The van der Waals surface area contributed by atoms with E-state index in [1.54, 1.807) is 37.7 Å². The molecule has 0 aromatic rings. The van der Waals surface area contributed by atoms with Gasteiger partial charge in [0.05, 0.1) is 5.92 Å². The Hall–Kier alpha value is -0.910. The molecule has 0 aromatic heterocycles. The Morgan fingerprint density at radius 3 is 2.28 bits per heavy atom. The number of carboxylic acids is 1. The molecule has 2 unspecified atom stereocenters. The predicted octanol–water partition coefficient (Wildman–Crippen LogP) is 1.83. The summed E-state index contributed by atoms with van der Waals surface area (Å²) >= 11 is 1.75. The first-order valence-electron chi connectivity index (χ1n) is 6.00. The maximum Gasteiger partial charge on any atom is 0.319 e. The maximum atomic E-state index is 12.1. The van der Waals surface area contributed by atoms with Crippen molar-refractivity contribution in [2.24, 2.45) is 5.92 Å². The minimum Gasteiger partial charge on any atom is -0.481 e. The van der Waals surface area contributed by atoms with E-state index in [-0.39, 0.29) is 18.6 Å². The lowest BCUT2D eigenvalue weighted by Gasteiger charge is -2.30. The molecule has 0 fully saturated rings. The maximum absolute atomic E-state index is 12.1. The van der Waals surface area contributed by atoms with Crippen molar-refractivity contribution in [2.45, 2.75) is 26.3 Å². The molecule has 0 heterocycles. The molecule has 0 saturated carbocycles.